The predicted molar refractivity (Wildman–Crippen MR) is 115 cm³/mol. The van der Waals surface area contributed by atoms with Gasteiger partial charge in [-0.25, -0.2) is 0 Å². The van der Waals surface area contributed by atoms with Gasteiger partial charge in [-0.2, -0.15) is 5.10 Å². The summed E-state index contributed by atoms with van der Waals surface area (Å²) in [4.78, 5) is 13.4. The lowest BCUT2D eigenvalue weighted by Gasteiger charge is -2.32. The van der Waals surface area contributed by atoms with Crippen LogP contribution >= 0.6 is 0 Å². The van der Waals surface area contributed by atoms with Crippen molar-refractivity contribution in [2.75, 3.05) is 0 Å². The lowest BCUT2D eigenvalue weighted by atomic mass is 9.77. The fraction of sp³-hybridized carbons (Fsp3) is 0.520. The molecule has 2 atom stereocenters. The average Bonchev–Trinajstić information content (AvgIpc) is 3.42. The smallest absolute Gasteiger partial charge is 0.276 e. The molecule has 29 heavy (non-hydrogen) atoms. The van der Waals surface area contributed by atoms with Gasteiger partial charge in [0.1, 0.15) is 0 Å². The molecule has 4 nitrogen and oxygen atoms in total. The standard InChI is InChI=1S/C25H31N3O/c1-16(17-9-5-4-6-10-17)28-21-12-8-7-11-20(21)22(27-28)24(29)26-23-18-13-14-19(15-18)25(23,2)3/h4-6,9-10,16,19H,7-8,11-15H2,1-3H3,(H,26,29). The third-order valence-corrected chi connectivity index (χ3v) is 7.62. The molecule has 2 bridgehead atoms. The minimum Gasteiger partial charge on any atom is -0.324 e. The summed E-state index contributed by atoms with van der Waals surface area (Å²) >= 11 is 0. The predicted octanol–water partition coefficient (Wildman–Crippen LogP) is 5.20. The Bertz CT molecular complexity index is 983. The monoisotopic (exact) mass is 389 g/mol. The highest BCUT2D eigenvalue weighted by Gasteiger charge is 2.46. The lowest BCUT2D eigenvalue weighted by molar-refractivity contribution is 0.0944. The molecule has 1 aromatic carbocycles. The maximum Gasteiger partial charge on any atom is 0.276 e. The van der Waals surface area contributed by atoms with E-state index < -0.39 is 0 Å². The van der Waals surface area contributed by atoms with E-state index in [1.54, 1.807) is 0 Å². The van der Waals surface area contributed by atoms with Crippen LogP contribution in [0.1, 0.15) is 86.2 Å². The van der Waals surface area contributed by atoms with Gasteiger partial charge in [-0.3, -0.25) is 9.48 Å². The van der Waals surface area contributed by atoms with Gasteiger partial charge in [-0.05, 0) is 68.9 Å². The van der Waals surface area contributed by atoms with E-state index >= 15 is 0 Å². The van der Waals surface area contributed by atoms with Crippen molar-refractivity contribution in [3.05, 3.63) is 64.1 Å². The number of benzene rings is 1. The number of nitrogens with zero attached hydrogens (tertiary/aromatic N) is 2. The zero-order valence-corrected chi connectivity index (χ0v) is 17.8. The molecule has 1 heterocycles. The molecule has 2 unspecified atom stereocenters. The lowest BCUT2D eigenvalue weighted by Crippen LogP contribution is -2.35. The number of aromatic nitrogens is 2. The van der Waals surface area contributed by atoms with Crippen molar-refractivity contribution in [2.45, 2.75) is 71.8 Å². The van der Waals surface area contributed by atoms with E-state index in [-0.39, 0.29) is 17.4 Å². The van der Waals surface area contributed by atoms with E-state index in [2.05, 4.69) is 55.0 Å². The molecule has 1 N–H and O–H groups in total. The van der Waals surface area contributed by atoms with Gasteiger partial charge in [0.2, 0.25) is 0 Å². The second-order valence-electron chi connectivity index (χ2n) is 9.61. The molecule has 0 spiro atoms. The van der Waals surface area contributed by atoms with E-state index in [9.17, 15) is 4.79 Å². The molecular weight excluding hydrogens is 358 g/mol. The van der Waals surface area contributed by atoms with E-state index in [4.69, 9.17) is 5.10 Å². The molecule has 4 heteroatoms. The van der Waals surface area contributed by atoms with Crippen LogP contribution in [0.3, 0.4) is 0 Å². The van der Waals surface area contributed by atoms with E-state index in [0.29, 0.717) is 11.6 Å². The van der Waals surface area contributed by atoms with Crippen LogP contribution < -0.4 is 5.32 Å². The van der Waals surface area contributed by atoms with Crippen molar-refractivity contribution in [1.82, 2.24) is 15.1 Å². The molecule has 3 aliphatic rings. The van der Waals surface area contributed by atoms with Crippen molar-refractivity contribution in [1.29, 1.82) is 0 Å². The highest BCUT2D eigenvalue weighted by atomic mass is 16.2. The van der Waals surface area contributed by atoms with Crippen LogP contribution in [-0.2, 0) is 12.8 Å². The van der Waals surface area contributed by atoms with Gasteiger partial charge in [0.15, 0.2) is 5.69 Å². The van der Waals surface area contributed by atoms with Gasteiger partial charge >= 0.3 is 0 Å². The van der Waals surface area contributed by atoms with Gasteiger partial charge in [0.05, 0.1) is 6.04 Å². The Morgan fingerprint density at radius 1 is 1.17 bits per heavy atom. The Kier molecular flexibility index (Phi) is 4.41. The zero-order valence-electron chi connectivity index (χ0n) is 17.8. The first kappa shape index (κ1) is 18.7. The number of nitrogens with one attached hydrogen (secondary N) is 1. The molecule has 0 radical (unpaired) electrons. The summed E-state index contributed by atoms with van der Waals surface area (Å²) in [6, 6.07) is 10.6. The molecule has 152 valence electrons. The van der Waals surface area contributed by atoms with Crippen molar-refractivity contribution in [2.24, 2.45) is 11.3 Å². The van der Waals surface area contributed by atoms with Crippen molar-refractivity contribution >= 4 is 5.91 Å². The van der Waals surface area contributed by atoms with E-state index in [0.717, 1.165) is 32.1 Å². The van der Waals surface area contributed by atoms with Gasteiger partial charge < -0.3 is 5.32 Å². The fourth-order valence-electron chi connectivity index (χ4n) is 5.78. The molecule has 3 aliphatic carbocycles. The first-order chi connectivity index (χ1) is 14.0. The number of allylic oxidation sites excluding steroid dienone is 2. The van der Waals surface area contributed by atoms with Crippen LogP contribution in [0.4, 0.5) is 0 Å². The van der Waals surface area contributed by atoms with Crippen LogP contribution in [0.15, 0.2) is 41.6 Å². The minimum absolute atomic E-state index is 0.00899. The molecule has 0 aliphatic heterocycles. The summed E-state index contributed by atoms with van der Waals surface area (Å²) in [6.07, 6.45) is 7.83. The fourth-order valence-corrected chi connectivity index (χ4v) is 5.78. The number of hydrogen-bond acceptors (Lipinski definition) is 2. The topological polar surface area (TPSA) is 46.9 Å². The number of rotatable bonds is 4. The van der Waals surface area contributed by atoms with Crippen LogP contribution in [0.5, 0.6) is 0 Å². The number of carbonyl (C=O) groups excluding carboxylic acids is 1. The minimum atomic E-state index is -0.00899. The SMILES string of the molecule is CC(c1ccccc1)n1nc(C(=O)NC2=C3CCC(C3)C2(C)C)c2c1CCCC2. The molecular formula is C25H31N3O. The average molecular weight is 390 g/mol. The highest BCUT2D eigenvalue weighted by molar-refractivity contribution is 5.95. The Morgan fingerprint density at radius 2 is 1.93 bits per heavy atom. The third-order valence-electron chi connectivity index (χ3n) is 7.62. The maximum atomic E-state index is 13.4. The molecule has 5 rings (SSSR count). The van der Waals surface area contributed by atoms with Crippen LogP contribution in [0, 0.1) is 11.3 Å². The number of fused-ring (bicyclic) bond motifs is 3. The second kappa shape index (κ2) is 6.86. The largest absolute Gasteiger partial charge is 0.324 e. The summed E-state index contributed by atoms with van der Waals surface area (Å²) < 4.78 is 2.11. The molecule has 2 aromatic rings. The Balaban J connectivity index is 1.49. The normalized spacial score (nSPS) is 23.2. The summed E-state index contributed by atoms with van der Waals surface area (Å²) in [5.74, 6) is 0.669. The van der Waals surface area contributed by atoms with Crippen LogP contribution in [0.2, 0.25) is 0 Å². The highest BCUT2D eigenvalue weighted by Crippen LogP contribution is 2.54. The number of hydrogen-bond donors (Lipinski definition) is 1. The van der Waals surface area contributed by atoms with Crippen molar-refractivity contribution in [3.8, 4) is 0 Å². The third kappa shape index (κ3) is 2.95. The molecule has 1 aromatic heterocycles. The van der Waals surface area contributed by atoms with Crippen molar-refractivity contribution < 1.29 is 4.79 Å². The Labute approximate surface area is 173 Å². The molecule has 1 saturated carbocycles. The molecule has 1 fully saturated rings. The van der Waals surface area contributed by atoms with Crippen LogP contribution in [0.25, 0.3) is 0 Å². The maximum absolute atomic E-state index is 13.4. The van der Waals surface area contributed by atoms with E-state index in [1.165, 1.54) is 40.9 Å². The Hall–Kier alpha value is -2.36. The van der Waals surface area contributed by atoms with Gasteiger partial charge in [-0.1, -0.05) is 44.2 Å². The summed E-state index contributed by atoms with van der Waals surface area (Å²) in [7, 11) is 0. The van der Waals surface area contributed by atoms with Crippen LogP contribution in [-0.4, -0.2) is 15.7 Å². The van der Waals surface area contributed by atoms with E-state index in [1.807, 2.05) is 6.07 Å². The number of carbonyl (C=O) groups is 1. The summed E-state index contributed by atoms with van der Waals surface area (Å²) in [5, 5.41) is 8.23. The quantitative estimate of drug-likeness (QED) is 0.782. The Morgan fingerprint density at radius 3 is 2.66 bits per heavy atom. The number of amides is 1. The zero-order chi connectivity index (χ0) is 20.2. The first-order valence-electron chi connectivity index (χ1n) is 11.2. The first-order valence-corrected chi connectivity index (χ1v) is 11.2. The summed E-state index contributed by atoms with van der Waals surface area (Å²) in [5.41, 5.74) is 7.01. The second-order valence-corrected chi connectivity index (χ2v) is 9.61. The van der Waals surface area contributed by atoms with Gasteiger partial charge in [0, 0.05) is 22.4 Å². The van der Waals surface area contributed by atoms with Gasteiger partial charge in [0.25, 0.3) is 5.91 Å². The summed E-state index contributed by atoms with van der Waals surface area (Å²) in [6.45, 7) is 6.75. The molecule has 1 amide bonds. The molecule has 0 saturated heterocycles. The van der Waals surface area contributed by atoms with Crippen molar-refractivity contribution in [3.63, 3.8) is 0 Å². The van der Waals surface area contributed by atoms with Gasteiger partial charge in [-0.15, -0.1) is 0 Å².